The summed E-state index contributed by atoms with van der Waals surface area (Å²) < 4.78 is 37.0. The molecule has 1 rings (SSSR count). The number of carbonyl (C=O) groups excluding carboxylic acids is 1. The van der Waals surface area contributed by atoms with Crippen LogP contribution in [0.25, 0.3) is 0 Å². The van der Waals surface area contributed by atoms with E-state index in [2.05, 4.69) is 11.9 Å². The fraction of sp³-hybridized carbons (Fsp3) is 0.769. The first-order valence-electron chi connectivity index (χ1n) is 6.58. The van der Waals surface area contributed by atoms with Crippen molar-refractivity contribution in [2.75, 3.05) is 26.2 Å². The molecule has 1 saturated heterocycles. The van der Waals surface area contributed by atoms with Gasteiger partial charge in [-0.1, -0.05) is 6.08 Å². The number of amides is 1. The van der Waals surface area contributed by atoms with E-state index < -0.39 is 18.6 Å². The molecule has 1 heterocycles. The molecule has 19 heavy (non-hydrogen) atoms. The van der Waals surface area contributed by atoms with Gasteiger partial charge in [-0.2, -0.15) is 13.2 Å². The Balaban J connectivity index is 2.40. The van der Waals surface area contributed by atoms with E-state index in [1.165, 1.54) is 6.08 Å². The van der Waals surface area contributed by atoms with Crippen molar-refractivity contribution in [2.45, 2.75) is 31.9 Å². The zero-order valence-corrected chi connectivity index (χ0v) is 11.0. The van der Waals surface area contributed by atoms with Crippen LogP contribution in [0.3, 0.4) is 0 Å². The zero-order valence-electron chi connectivity index (χ0n) is 11.0. The summed E-state index contributed by atoms with van der Waals surface area (Å²) in [6, 6.07) is 0. The van der Waals surface area contributed by atoms with Crippen molar-refractivity contribution >= 4 is 5.91 Å². The molecule has 3 nitrogen and oxygen atoms in total. The highest BCUT2D eigenvalue weighted by Crippen LogP contribution is 2.20. The topological polar surface area (TPSA) is 32.3 Å². The molecule has 1 fully saturated rings. The highest BCUT2D eigenvalue weighted by Gasteiger charge is 2.32. The van der Waals surface area contributed by atoms with Gasteiger partial charge in [-0.3, -0.25) is 4.79 Å². The molecule has 0 bridgehead atoms. The molecule has 110 valence electrons. The Bertz CT molecular complexity index is 299. The van der Waals surface area contributed by atoms with Gasteiger partial charge in [0.2, 0.25) is 5.91 Å². The number of hydrogen-bond donors (Lipinski definition) is 1. The van der Waals surface area contributed by atoms with Gasteiger partial charge in [0.15, 0.2) is 0 Å². The molecule has 0 aromatic heterocycles. The monoisotopic (exact) mass is 278 g/mol. The SMILES string of the molecule is C=CCN(CC(F)(F)F)C(=O)CCC1CCNCC1. The number of rotatable bonds is 6. The molecule has 0 spiro atoms. The number of nitrogens with one attached hydrogen (secondary N) is 1. The van der Waals surface area contributed by atoms with Gasteiger partial charge >= 0.3 is 6.18 Å². The standard InChI is InChI=1S/C13H21F3N2O/c1-2-9-18(10-13(14,15)16)12(19)4-3-11-5-7-17-8-6-11/h2,11,17H,1,3-10H2. The minimum absolute atomic E-state index is 0.0510. The van der Waals surface area contributed by atoms with Crippen LogP contribution < -0.4 is 5.32 Å². The van der Waals surface area contributed by atoms with Crippen LogP contribution in [-0.4, -0.2) is 43.2 Å². The first-order valence-corrected chi connectivity index (χ1v) is 6.58. The average Bonchev–Trinajstić information content (AvgIpc) is 2.35. The molecular weight excluding hydrogens is 257 g/mol. The first-order chi connectivity index (χ1) is 8.92. The Labute approximate surface area is 111 Å². The summed E-state index contributed by atoms with van der Waals surface area (Å²) in [7, 11) is 0. The van der Waals surface area contributed by atoms with E-state index in [9.17, 15) is 18.0 Å². The van der Waals surface area contributed by atoms with E-state index in [0.717, 1.165) is 30.8 Å². The lowest BCUT2D eigenvalue weighted by atomic mass is 9.93. The molecular formula is C13H21F3N2O. The Kier molecular flexibility index (Phi) is 6.34. The van der Waals surface area contributed by atoms with Crippen molar-refractivity contribution in [3.63, 3.8) is 0 Å². The molecule has 1 N–H and O–H groups in total. The van der Waals surface area contributed by atoms with E-state index in [1.807, 2.05) is 0 Å². The highest BCUT2D eigenvalue weighted by atomic mass is 19.4. The molecule has 0 aliphatic carbocycles. The number of piperidine rings is 1. The minimum Gasteiger partial charge on any atom is -0.330 e. The van der Waals surface area contributed by atoms with Gasteiger partial charge in [-0.15, -0.1) is 6.58 Å². The van der Waals surface area contributed by atoms with E-state index in [-0.39, 0.29) is 13.0 Å². The van der Waals surface area contributed by atoms with E-state index in [0.29, 0.717) is 12.3 Å². The smallest absolute Gasteiger partial charge is 0.330 e. The third kappa shape index (κ3) is 6.61. The fourth-order valence-corrected chi connectivity index (χ4v) is 2.28. The van der Waals surface area contributed by atoms with Crippen LogP contribution in [-0.2, 0) is 4.79 Å². The van der Waals surface area contributed by atoms with Crippen molar-refractivity contribution in [3.05, 3.63) is 12.7 Å². The summed E-state index contributed by atoms with van der Waals surface area (Å²) in [5.41, 5.74) is 0. The molecule has 6 heteroatoms. The van der Waals surface area contributed by atoms with Crippen molar-refractivity contribution in [1.82, 2.24) is 10.2 Å². The van der Waals surface area contributed by atoms with Crippen molar-refractivity contribution in [1.29, 1.82) is 0 Å². The van der Waals surface area contributed by atoms with Gasteiger partial charge in [0.05, 0.1) is 0 Å². The molecule has 0 aromatic rings. The largest absolute Gasteiger partial charge is 0.406 e. The van der Waals surface area contributed by atoms with Crippen molar-refractivity contribution < 1.29 is 18.0 Å². The lowest BCUT2D eigenvalue weighted by Gasteiger charge is -2.25. The Morgan fingerprint density at radius 2 is 2.00 bits per heavy atom. The first kappa shape index (κ1) is 16.0. The van der Waals surface area contributed by atoms with E-state index in [4.69, 9.17) is 0 Å². The Morgan fingerprint density at radius 3 is 2.53 bits per heavy atom. The number of halogens is 3. The molecule has 0 saturated carbocycles. The molecule has 1 aliphatic rings. The zero-order chi connectivity index (χ0) is 14.3. The van der Waals surface area contributed by atoms with E-state index >= 15 is 0 Å². The van der Waals surface area contributed by atoms with Crippen LogP contribution in [0, 0.1) is 5.92 Å². The quantitative estimate of drug-likeness (QED) is 0.756. The van der Waals surface area contributed by atoms with Gasteiger partial charge < -0.3 is 10.2 Å². The molecule has 1 amide bonds. The summed E-state index contributed by atoms with van der Waals surface area (Å²) >= 11 is 0. The maximum absolute atomic E-state index is 12.3. The van der Waals surface area contributed by atoms with Crippen LogP contribution >= 0.6 is 0 Å². The lowest BCUT2D eigenvalue weighted by Crippen LogP contribution is -2.39. The normalized spacial score (nSPS) is 17.2. The fourth-order valence-electron chi connectivity index (χ4n) is 2.28. The summed E-state index contributed by atoms with van der Waals surface area (Å²) in [6.07, 6.45) is -0.176. The minimum atomic E-state index is -4.35. The number of alkyl halides is 3. The maximum atomic E-state index is 12.3. The summed E-state index contributed by atoms with van der Waals surface area (Å²) in [5, 5.41) is 3.22. The second-order valence-electron chi connectivity index (χ2n) is 4.91. The number of carbonyl (C=O) groups is 1. The van der Waals surface area contributed by atoms with Crippen LogP contribution in [0.5, 0.6) is 0 Å². The Morgan fingerprint density at radius 1 is 1.37 bits per heavy atom. The second kappa shape index (κ2) is 7.53. The molecule has 0 unspecified atom stereocenters. The van der Waals surface area contributed by atoms with Gasteiger partial charge in [-0.05, 0) is 38.3 Å². The molecule has 1 aliphatic heterocycles. The van der Waals surface area contributed by atoms with Crippen molar-refractivity contribution in [3.8, 4) is 0 Å². The number of nitrogens with zero attached hydrogens (tertiary/aromatic N) is 1. The van der Waals surface area contributed by atoms with Crippen LogP contribution in [0.1, 0.15) is 25.7 Å². The van der Waals surface area contributed by atoms with Gasteiger partial charge in [0.1, 0.15) is 6.54 Å². The van der Waals surface area contributed by atoms with Crippen molar-refractivity contribution in [2.24, 2.45) is 5.92 Å². The van der Waals surface area contributed by atoms with Gasteiger partial charge in [-0.25, -0.2) is 0 Å². The maximum Gasteiger partial charge on any atom is 0.406 e. The molecule has 0 atom stereocenters. The molecule has 0 radical (unpaired) electrons. The van der Waals surface area contributed by atoms with Crippen LogP contribution in [0.2, 0.25) is 0 Å². The average molecular weight is 278 g/mol. The predicted octanol–water partition coefficient (Wildman–Crippen LogP) is 2.34. The second-order valence-corrected chi connectivity index (χ2v) is 4.91. The Hall–Kier alpha value is -1.04. The summed E-state index contributed by atoms with van der Waals surface area (Å²) in [4.78, 5) is 12.6. The number of hydrogen-bond acceptors (Lipinski definition) is 2. The lowest BCUT2D eigenvalue weighted by molar-refractivity contribution is -0.160. The third-order valence-electron chi connectivity index (χ3n) is 3.30. The summed E-state index contributed by atoms with van der Waals surface area (Å²) in [6.45, 7) is 4.01. The van der Waals surface area contributed by atoms with Crippen LogP contribution in [0.15, 0.2) is 12.7 Å². The third-order valence-corrected chi connectivity index (χ3v) is 3.30. The van der Waals surface area contributed by atoms with E-state index in [1.54, 1.807) is 0 Å². The van der Waals surface area contributed by atoms with Gasteiger partial charge in [0, 0.05) is 13.0 Å². The predicted molar refractivity (Wildman–Crippen MR) is 67.7 cm³/mol. The summed E-state index contributed by atoms with van der Waals surface area (Å²) in [5.74, 6) is 0.0115. The van der Waals surface area contributed by atoms with Crippen LogP contribution in [0.4, 0.5) is 13.2 Å². The molecule has 0 aromatic carbocycles. The highest BCUT2D eigenvalue weighted by molar-refractivity contribution is 5.76. The van der Waals surface area contributed by atoms with Gasteiger partial charge in [0.25, 0.3) is 0 Å².